The fraction of sp³-hybridized carbons (Fsp3) is 0.200. The summed E-state index contributed by atoms with van der Waals surface area (Å²) in [7, 11) is 0. The number of rotatable bonds is 4. The van der Waals surface area contributed by atoms with Crippen molar-refractivity contribution in [3.05, 3.63) is 53.0 Å². The number of benzene rings is 2. The summed E-state index contributed by atoms with van der Waals surface area (Å²) in [5, 5.41) is 9.22. The molecule has 3 aromatic rings. The van der Waals surface area contributed by atoms with Crippen molar-refractivity contribution in [1.29, 1.82) is 0 Å². The lowest BCUT2D eigenvalue weighted by Gasteiger charge is -2.14. The maximum Gasteiger partial charge on any atom is 0.254 e. The molecule has 3 N–H and O–H groups in total. The minimum Gasteiger partial charge on any atom is -0.340 e. The van der Waals surface area contributed by atoms with Crippen LogP contribution in [0.1, 0.15) is 28.2 Å². The second-order valence-corrected chi connectivity index (χ2v) is 7.80. The normalized spacial score (nSPS) is 16.1. The second-order valence-electron chi connectivity index (χ2n) is 6.56. The van der Waals surface area contributed by atoms with Gasteiger partial charge in [0.05, 0.1) is 26.5 Å². The lowest BCUT2D eigenvalue weighted by molar-refractivity contribution is -0.118. The van der Waals surface area contributed by atoms with Crippen LogP contribution in [0.4, 0.5) is 11.4 Å². The van der Waals surface area contributed by atoms with Crippen LogP contribution in [0.5, 0.6) is 0 Å². The highest BCUT2D eigenvalue weighted by molar-refractivity contribution is 7.18. The summed E-state index contributed by atoms with van der Waals surface area (Å²) in [4.78, 5) is 41.4. The van der Waals surface area contributed by atoms with Gasteiger partial charge in [-0.3, -0.25) is 14.4 Å². The van der Waals surface area contributed by atoms with Gasteiger partial charge >= 0.3 is 0 Å². The van der Waals surface area contributed by atoms with Crippen molar-refractivity contribution in [1.82, 2.24) is 10.3 Å². The number of amides is 3. The van der Waals surface area contributed by atoms with Gasteiger partial charge < -0.3 is 16.0 Å². The standard InChI is InChI=1S/C20H18N4O3S/c1-11-21-16-10-12(6-8-17(16)28-11)22-18(25)9-7-15-20(27)23-14-5-3-2-4-13(14)19(26)24-15/h2-6,8,10,15H,7,9H2,1H3,(H,22,25)(H,23,27)(H,24,26). The van der Waals surface area contributed by atoms with Crippen molar-refractivity contribution >= 4 is 50.6 Å². The van der Waals surface area contributed by atoms with E-state index in [-0.39, 0.29) is 30.6 Å². The molecule has 2 heterocycles. The zero-order valence-electron chi connectivity index (χ0n) is 15.1. The first-order valence-corrected chi connectivity index (χ1v) is 9.69. The summed E-state index contributed by atoms with van der Waals surface area (Å²) >= 11 is 1.60. The van der Waals surface area contributed by atoms with Crippen LogP contribution >= 0.6 is 11.3 Å². The molecule has 0 saturated carbocycles. The number of thiazole rings is 1. The Kier molecular flexibility index (Phi) is 4.79. The summed E-state index contributed by atoms with van der Waals surface area (Å²) in [5.74, 6) is -0.885. The average molecular weight is 394 g/mol. The zero-order valence-corrected chi connectivity index (χ0v) is 15.9. The number of nitrogens with one attached hydrogen (secondary N) is 3. The lowest BCUT2D eigenvalue weighted by atomic mass is 10.1. The summed E-state index contributed by atoms with van der Waals surface area (Å²) < 4.78 is 1.06. The first kappa shape index (κ1) is 18.1. The lowest BCUT2D eigenvalue weighted by Crippen LogP contribution is -2.41. The fourth-order valence-corrected chi connectivity index (χ4v) is 3.94. The van der Waals surface area contributed by atoms with Gasteiger partial charge in [-0.25, -0.2) is 4.98 Å². The fourth-order valence-electron chi connectivity index (χ4n) is 3.13. The molecule has 0 bridgehead atoms. The largest absolute Gasteiger partial charge is 0.340 e. The van der Waals surface area contributed by atoms with Crippen molar-refractivity contribution < 1.29 is 14.4 Å². The maximum atomic E-state index is 12.4. The van der Waals surface area contributed by atoms with E-state index >= 15 is 0 Å². The van der Waals surface area contributed by atoms with Gasteiger partial charge in [0.25, 0.3) is 5.91 Å². The smallest absolute Gasteiger partial charge is 0.254 e. The van der Waals surface area contributed by atoms with E-state index in [1.807, 2.05) is 25.1 Å². The number of carbonyl (C=O) groups excluding carboxylic acids is 3. The molecule has 4 rings (SSSR count). The van der Waals surface area contributed by atoms with Crippen molar-refractivity contribution in [3.63, 3.8) is 0 Å². The van der Waals surface area contributed by atoms with E-state index in [1.165, 1.54) is 0 Å². The molecule has 1 atom stereocenters. The monoisotopic (exact) mass is 394 g/mol. The highest BCUT2D eigenvalue weighted by atomic mass is 32.1. The molecule has 7 nitrogen and oxygen atoms in total. The van der Waals surface area contributed by atoms with Crippen LogP contribution < -0.4 is 16.0 Å². The molecular formula is C20H18N4O3S. The number of fused-ring (bicyclic) bond motifs is 2. The highest BCUT2D eigenvalue weighted by Gasteiger charge is 2.27. The molecule has 1 aliphatic heterocycles. The molecule has 28 heavy (non-hydrogen) atoms. The van der Waals surface area contributed by atoms with Crippen LogP contribution in [0.2, 0.25) is 0 Å². The Morgan fingerprint density at radius 3 is 2.89 bits per heavy atom. The number of nitrogens with zero attached hydrogens (tertiary/aromatic N) is 1. The van der Waals surface area contributed by atoms with Gasteiger partial charge in [-0.2, -0.15) is 0 Å². The van der Waals surface area contributed by atoms with E-state index in [0.29, 0.717) is 16.9 Å². The number of anilines is 2. The Morgan fingerprint density at radius 1 is 1.21 bits per heavy atom. The van der Waals surface area contributed by atoms with Crippen LogP contribution in [-0.2, 0) is 9.59 Å². The van der Waals surface area contributed by atoms with Gasteiger partial charge in [-0.05, 0) is 43.7 Å². The van der Waals surface area contributed by atoms with Gasteiger partial charge in [0.2, 0.25) is 11.8 Å². The molecule has 2 aromatic carbocycles. The van der Waals surface area contributed by atoms with Gasteiger partial charge in [0.1, 0.15) is 6.04 Å². The van der Waals surface area contributed by atoms with E-state index in [4.69, 9.17) is 0 Å². The maximum absolute atomic E-state index is 12.4. The third-order valence-electron chi connectivity index (χ3n) is 4.49. The third kappa shape index (κ3) is 3.72. The molecule has 8 heteroatoms. The number of hydrogen-bond acceptors (Lipinski definition) is 5. The van der Waals surface area contributed by atoms with Crippen molar-refractivity contribution in [2.75, 3.05) is 10.6 Å². The molecule has 1 aromatic heterocycles. The number of carbonyl (C=O) groups is 3. The number of para-hydroxylation sites is 1. The minimum absolute atomic E-state index is 0.100. The molecule has 3 amide bonds. The average Bonchev–Trinajstić information content (AvgIpc) is 2.98. The number of aryl methyl sites for hydroxylation is 1. The Balaban J connectivity index is 1.38. The summed E-state index contributed by atoms with van der Waals surface area (Å²) in [5.41, 5.74) is 2.39. The highest BCUT2D eigenvalue weighted by Crippen LogP contribution is 2.24. The molecule has 0 fully saturated rings. The van der Waals surface area contributed by atoms with Crippen molar-refractivity contribution in [2.24, 2.45) is 0 Å². The van der Waals surface area contributed by atoms with Gasteiger partial charge in [0, 0.05) is 12.1 Å². The predicted molar refractivity (Wildman–Crippen MR) is 109 cm³/mol. The second kappa shape index (κ2) is 7.40. The van der Waals surface area contributed by atoms with E-state index in [9.17, 15) is 14.4 Å². The number of aromatic nitrogens is 1. The van der Waals surface area contributed by atoms with Gasteiger partial charge in [-0.15, -0.1) is 11.3 Å². The molecule has 0 radical (unpaired) electrons. The van der Waals surface area contributed by atoms with Crippen LogP contribution in [0.3, 0.4) is 0 Å². The van der Waals surface area contributed by atoms with Crippen LogP contribution in [0.25, 0.3) is 10.2 Å². The third-order valence-corrected chi connectivity index (χ3v) is 5.44. The molecule has 142 valence electrons. The summed E-state index contributed by atoms with van der Waals surface area (Å²) in [6, 6.07) is 11.6. The van der Waals surface area contributed by atoms with E-state index < -0.39 is 6.04 Å². The molecule has 0 saturated heterocycles. The topological polar surface area (TPSA) is 100 Å². The van der Waals surface area contributed by atoms with Crippen molar-refractivity contribution in [2.45, 2.75) is 25.8 Å². The summed E-state index contributed by atoms with van der Waals surface area (Å²) in [6.45, 7) is 1.94. The quantitative estimate of drug-likeness (QED) is 0.633. The van der Waals surface area contributed by atoms with Crippen molar-refractivity contribution in [3.8, 4) is 0 Å². The first-order valence-electron chi connectivity index (χ1n) is 8.87. The predicted octanol–water partition coefficient (Wildman–Crippen LogP) is 3.07. The molecular weight excluding hydrogens is 376 g/mol. The van der Waals surface area contributed by atoms with Gasteiger partial charge in [0.15, 0.2) is 0 Å². The zero-order chi connectivity index (χ0) is 19.7. The SMILES string of the molecule is Cc1nc2cc(NC(=O)CCC3NC(=O)c4ccccc4NC3=O)ccc2s1. The summed E-state index contributed by atoms with van der Waals surface area (Å²) in [6.07, 6.45) is 0.304. The van der Waals surface area contributed by atoms with E-state index in [0.717, 1.165) is 15.2 Å². The Bertz CT molecular complexity index is 1090. The molecule has 1 aliphatic rings. The van der Waals surface area contributed by atoms with Crippen LogP contribution in [-0.4, -0.2) is 28.7 Å². The van der Waals surface area contributed by atoms with Gasteiger partial charge in [-0.1, -0.05) is 12.1 Å². The Labute approximate surface area is 165 Å². The Hall–Kier alpha value is -3.26. The molecule has 0 spiro atoms. The Morgan fingerprint density at radius 2 is 2.04 bits per heavy atom. The van der Waals surface area contributed by atoms with Crippen LogP contribution in [0, 0.1) is 6.92 Å². The minimum atomic E-state index is -0.769. The molecule has 1 unspecified atom stereocenters. The van der Waals surface area contributed by atoms with E-state index in [1.54, 1.807) is 35.6 Å². The molecule has 0 aliphatic carbocycles. The van der Waals surface area contributed by atoms with Crippen LogP contribution in [0.15, 0.2) is 42.5 Å². The van der Waals surface area contributed by atoms with E-state index in [2.05, 4.69) is 20.9 Å². The number of hydrogen-bond donors (Lipinski definition) is 3. The first-order chi connectivity index (χ1) is 13.5.